The highest BCUT2D eigenvalue weighted by Gasteiger charge is 2.20. The van der Waals surface area contributed by atoms with Gasteiger partial charge in [-0.2, -0.15) is 5.26 Å². The first-order valence-electron chi connectivity index (χ1n) is 9.65. The highest BCUT2D eigenvalue weighted by Crippen LogP contribution is 2.25. The number of carboxylic acid groups (broad SMARTS) is 1. The third-order valence-electron chi connectivity index (χ3n) is 4.59. The van der Waals surface area contributed by atoms with Crippen molar-refractivity contribution in [1.29, 1.82) is 10.7 Å². The van der Waals surface area contributed by atoms with Gasteiger partial charge in [0.15, 0.2) is 0 Å². The number of hydrogen-bond donors (Lipinski definition) is 5. The predicted octanol–water partition coefficient (Wildman–Crippen LogP) is 2.91. The second-order valence-corrected chi connectivity index (χ2v) is 8.81. The quantitative estimate of drug-likeness (QED) is 0.309. The largest absolute Gasteiger partial charge is 0.507 e. The molecule has 0 fully saturated rings. The van der Waals surface area contributed by atoms with E-state index in [0.717, 1.165) is 12.1 Å². The number of rotatable bonds is 8. The van der Waals surface area contributed by atoms with Crippen LogP contribution in [-0.4, -0.2) is 36.2 Å². The molecule has 0 saturated carbocycles. The molecule has 3 aromatic carbocycles. The Morgan fingerprint density at radius 3 is 2.32 bits per heavy atom. The second kappa shape index (κ2) is 9.85. The minimum absolute atomic E-state index is 0.0330. The summed E-state index contributed by atoms with van der Waals surface area (Å²) in [6.07, 6.45) is 0. The van der Waals surface area contributed by atoms with Crippen LogP contribution in [-0.2, 0) is 20.6 Å². The van der Waals surface area contributed by atoms with Gasteiger partial charge in [-0.05, 0) is 35.9 Å². The van der Waals surface area contributed by atoms with Crippen molar-refractivity contribution in [3.8, 4) is 11.8 Å². The van der Waals surface area contributed by atoms with Gasteiger partial charge in [0.2, 0.25) is 10.0 Å². The van der Waals surface area contributed by atoms with E-state index in [1.807, 2.05) is 0 Å². The number of phenolic OH excluding ortho intramolecular Hbond substituents is 1. The SMILES string of the molecule is N#Cc1ccc(NC(=O)C(=N)c2ccc(NS(=O)(=O)Cc3ccccc3)cc2O)c(C(=O)O)c1. The number of phenols is 1. The Morgan fingerprint density at radius 1 is 1.00 bits per heavy atom. The molecule has 0 spiro atoms. The fraction of sp³-hybridized carbons (Fsp3) is 0.0435. The minimum atomic E-state index is -3.79. The molecule has 0 aromatic heterocycles. The molecule has 11 heteroatoms. The summed E-state index contributed by atoms with van der Waals surface area (Å²) in [7, 11) is -3.79. The molecule has 0 saturated heterocycles. The van der Waals surface area contributed by atoms with Gasteiger partial charge in [0.05, 0.1) is 34.3 Å². The van der Waals surface area contributed by atoms with Crippen LogP contribution in [0.15, 0.2) is 66.7 Å². The number of nitrogens with one attached hydrogen (secondary N) is 3. The van der Waals surface area contributed by atoms with Crippen molar-refractivity contribution in [1.82, 2.24) is 0 Å². The van der Waals surface area contributed by atoms with E-state index in [2.05, 4.69) is 10.0 Å². The van der Waals surface area contributed by atoms with Crippen LogP contribution in [0.25, 0.3) is 0 Å². The van der Waals surface area contributed by atoms with Crippen LogP contribution in [0.2, 0.25) is 0 Å². The average Bonchev–Trinajstić information content (AvgIpc) is 2.78. The van der Waals surface area contributed by atoms with E-state index in [0.29, 0.717) is 5.56 Å². The van der Waals surface area contributed by atoms with E-state index in [1.54, 1.807) is 36.4 Å². The van der Waals surface area contributed by atoms with Crippen LogP contribution in [0.1, 0.15) is 27.0 Å². The number of anilines is 2. The van der Waals surface area contributed by atoms with Crippen LogP contribution in [0.5, 0.6) is 5.75 Å². The maximum absolute atomic E-state index is 12.5. The van der Waals surface area contributed by atoms with Crippen molar-refractivity contribution >= 4 is 39.0 Å². The van der Waals surface area contributed by atoms with Gasteiger partial charge in [-0.15, -0.1) is 0 Å². The number of nitriles is 1. The van der Waals surface area contributed by atoms with Crippen molar-refractivity contribution in [2.24, 2.45) is 0 Å². The van der Waals surface area contributed by atoms with E-state index < -0.39 is 33.4 Å². The van der Waals surface area contributed by atoms with Gasteiger partial charge < -0.3 is 15.5 Å². The van der Waals surface area contributed by atoms with Gasteiger partial charge in [-0.1, -0.05) is 30.3 Å². The number of carbonyl (C=O) groups is 2. The van der Waals surface area contributed by atoms with Gasteiger partial charge in [0.25, 0.3) is 5.91 Å². The monoisotopic (exact) mass is 478 g/mol. The number of hydrogen-bond acceptors (Lipinski definition) is 7. The highest BCUT2D eigenvalue weighted by molar-refractivity contribution is 7.91. The molecule has 0 unspecified atom stereocenters. The Labute approximate surface area is 194 Å². The molecule has 0 aliphatic carbocycles. The first-order chi connectivity index (χ1) is 16.1. The van der Waals surface area contributed by atoms with Crippen LogP contribution in [0.4, 0.5) is 11.4 Å². The fourth-order valence-electron chi connectivity index (χ4n) is 3.02. The third kappa shape index (κ3) is 5.76. The third-order valence-corrected chi connectivity index (χ3v) is 5.85. The molecule has 34 heavy (non-hydrogen) atoms. The summed E-state index contributed by atoms with van der Waals surface area (Å²) in [5.41, 5.74) is -0.679. The summed E-state index contributed by atoms with van der Waals surface area (Å²) in [4.78, 5) is 23.9. The van der Waals surface area contributed by atoms with Gasteiger partial charge in [-0.25, -0.2) is 13.2 Å². The topological polar surface area (TPSA) is 180 Å². The summed E-state index contributed by atoms with van der Waals surface area (Å²) < 4.78 is 27.1. The van der Waals surface area contributed by atoms with Crippen molar-refractivity contribution in [3.05, 3.63) is 89.0 Å². The zero-order chi connectivity index (χ0) is 24.9. The van der Waals surface area contributed by atoms with E-state index in [-0.39, 0.29) is 33.8 Å². The molecule has 172 valence electrons. The molecule has 0 aliphatic rings. The van der Waals surface area contributed by atoms with E-state index in [1.165, 1.54) is 24.3 Å². The molecular weight excluding hydrogens is 460 g/mol. The zero-order valence-corrected chi connectivity index (χ0v) is 18.3. The van der Waals surface area contributed by atoms with E-state index >= 15 is 0 Å². The smallest absolute Gasteiger partial charge is 0.337 e. The minimum Gasteiger partial charge on any atom is -0.507 e. The normalized spacial score (nSPS) is 10.7. The Balaban J connectivity index is 1.76. The number of nitrogens with zero attached hydrogens (tertiary/aromatic N) is 1. The summed E-state index contributed by atoms with van der Waals surface area (Å²) >= 11 is 0. The van der Waals surface area contributed by atoms with Crippen LogP contribution >= 0.6 is 0 Å². The number of aromatic hydroxyl groups is 1. The Bertz CT molecular complexity index is 1430. The van der Waals surface area contributed by atoms with Gasteiger partial charge in [-0.3, -0.25) is 14.9 Å². The van der Waals surface area contributed by atoms with Gasteiger partial charge in [0.1, 0.15) is 11.5 Å². The number of benzene rings is 3. The number of sulfonamides is 1. The Morgan fingerprint density at radius 2 is 1.71 bits per heavy atom. The average molecular weight is 478 g/mol. The lowest BCUT2D eigenvalue weighted by Crippen LogP contribution is -2.24. The van der Waals surface area contributed by atoms with Crippen molar-refractivity contribution < 1.29 is 28.2 Å². The lowest BCUT2D eigenvalue weighted by molar-refractivity contribution is -0.110. The number of aromatic carboxylic acids is 1. The van der Waals surface area contributed by atoms with Crippen LogP contribution in [0.3, 0.4) is 0 Å². The Kier molecular flexibility index (Phi) is 6.94. The molecular formula is C23H18N4O6S. The predicted molar refractivity (Wildman–Crippen MR) is 124 cm³/mol. The fourth-order valence-corrected chi connectivity index (χ4v) is 4.21. The first-order valence-corrected chi connectivity index (χ1v) is 11.3. The Hall–Kier alpha value is -4.69. The molecule has 0 heterocycles. The molecule has 0 atom stereocenters. The van der Waals surface area contributed by atoms with Crippen molar-refractivity contribution in [3.63, 3.8) is 0 Å². The second-order valence-electron chi connectivity index (χ2n) is 7.09. The van der Waals surface area contributed by atoms with Gasteiger partial charge >= 0.3 is 5.97 Å². The van der Waals surface area contributed by atoms with Crippen LogP contribution < -0.4 is 10.0 Å². The lowest BCUT2D eigenvalue weighted by atomic mass is 10.1. The maximum Gasteiger partial charge on any atom is 0.337 e. The number of carboxylic acids is 1. The van der Waals surface area contributed by atoms with Gasteiger partial charge in [0, 0.05) is 11.6 Å². The molecule has 3 aromatic rings. The van der Waals surface area contributed by atoms with Crippen molar-refractivity contribution in [2.75, 3.05) is 10.0 Å². The van der Waals surface area contributed by atoms with Crippen LogP contribution in [0, 0.1) is 16.7 Å². The lowest BCUT2D eigenvalue weighted by Gasteiger charge is -2.12. The number of amides is 1. The standard InChI is InChI=1S/C23H18N4O6S/c24-12-15-6-9-19(18(10-15)23(30)31)26-22(29)21(25)17-8-7-16(11-20(17)28)27-34(32,33)13-14-4-2-1-3-5-14/h1-11,25,27-28H,13H2,(H,26,29)(H,30,31). The van der Waals surface area contributed by atoms with Crippen molar-refractivity contribution in [2.45, 2.75) is 5.75 Å². The molecule has 0 aliphatic heterocycles. The van der Waals surface area contributed by atoms with E-state index in [4.69, 9.17) is 10.7 Å². The summed E-state index contributed by atoms with van der Waals surface area (Å²) in [5.74, 6) is -3.21. The summed E-state index contributed by atoms with van der Waals surface area (Å²) in [5, 5.41) is 38.9. The highest BCUT2D eigenvalue weighted by atomic mass is 32.2. The molecule has 0 radical (unpaired) electrons. The molecule has 0 bridgehead atoms. The van der Waals surface area contributed by atoms with E-state index in [9.17, 15) is 28.2 Å². The zero-order valence-electron chi connectivity index (χ0n) is 17.4. The summed E-state index contributed by atoms with van der Waals surface area (Å²) in [6, 6.07) is 17.4. The first kappa shape index (κ1) is 24.0. The molecule has 5 N–H and O–H groups in total. The molecule has 1 amide bonds. The molecule has 3 rings (SSSR count). The number of carbonyl (C=O) groups excluding carboxylic acids is 1. The summed E-state index contributed by atoms with van der Waals surface area (Å²) in [6.45, 7) is 0. The maximum atomic E-state index is 12.5. The molecule has 10 nitrogen and oxygen atoms in total.